The van der Waals surface area contributed by atoms with Gasteiger partial charge in [-0.15, -0.1) is 0 Å². The molecule has 0 bridgehead atoms. The van der Waals surface area contributed by atoms with Crippen LogP contribution in [0.1, 0.15) is 27.7 Å². The zero-order valence-electron chi connectivity index (χ0n) is 7.86. The molecule has 0 saturated heterocycles. The molecule has 0 radical (unpaired) electrons. The van der Waals surface area contributed by atoms with Crippen molar-refractivity contribution in [3.8, 4) is 22.4 Å². The third-order valence-corrected chi connectivity index (χ3v) is 12.0. The van der Waals surface area contributed by atoms with Gasteiger partial charge in [-0.1, -0.05) is 0 Å². The van der Waals surface area contributed by atoms with Gasteiger partial charge < -0.3 is 0 Å². The van der Waals surface area contributed by atoms with Crippen LogP contribution in [0.15, 0.2) is 0 Å². The van der Waals surface area contributed by atoms with Crippen molar-refractivity contribution in [2.45, 2.75) is 37.2 Å². The monoisotopic (exact) mass is 210 g/mol. The second-order valence-corrected chi connectivity index (χ2v) is 13.4. The molecule has 0 amide bonds. The first-order chi connectivity index (χ1) is 4.93. The molecule has 0 nitrogen and oxygen atoms in total. The first kappa shape index (κ1) is 10.7. The fourth-order valence-electron chi connectivity index (χ4n) is 1.21. The molecular weight excluding hydrogens is 193 g/mol. The van der Waals surface area contributed by atoms with Gasteiger partial charge in [0.15, 0.2) is 0 Å². The maximum absolute atomic E-state index is 5.51. The van der Waals surface area contributed by atoms with Crippen molar-refractivity contribution in [2.75, 3.05) is 0 Å². The zero-order valence-corrected chi connectivity index (χ0v) is 9.96. The minimum atomic E-state index is -2.38. The Kier molecular flexibility index (Phi) is 3.27. The summed E-state index contributed by atoms with van der Waals surface area (Å²) in [6, 6.07) is 0. The van der Waals surface area contributed by atoms with Crippen molar-refractivity contribution in [2.24, 2.45) is 0 Å². The van der Waals surface area contributed by atoms with Gasteiger partial charge in [0.1, 0.15) is 0 Å². The van der Waals surface area contributed by atoms with Crippen LogP contribution in [-0.2, 0) is 0 Å². The van der Waals surface area contributed by atoms with Crippen LogP contribution >= 0.6 is 0 Å². The van der Waals surface area contributed by atoms with E-state index in [1.54, 1.807) is 0 Å². The Balaban J connectivity index is 4.94. The third-order valence-electron chi connectivity index (χ3n) is 2.30. The van der Waals surface area contributed by atoms with Crippen molar-refractivity contribution in [1.82, 2.24) is 0 Å². The van der Waals surface area contributed by atoms with E-state index in [0.717, 1.165) is 5.25 Å². The Morgan fingerprint density at radius 1 is 1.18 bits per heavy atom. The molecule has 0 aliphatic rings. The van der Waals surface area contributed by atoms with E-state index in [0.29, 0.717) is 0 Å². The van der Waals surface area contributed by atoms with Gasteiger partial charge in [0.05, 0.1) is 0 Å². The average Bonchev–Trinajstić information content (AvgIpc) is 1.90. The Labute approximate surface area is 73.1 Å². The standard InChI is InChI=1S/C10H16Ge/c1-7-11(8-2,9-3)10(4,5)6/h1-2H,9H2,3-6H3. The average molecular weight is 209 g/mol. The topological polar surface area (TPSA) is 0 Å². The Bertz CT molecular complexity index is 192. The first-order valence-electron chi connectivity index (χ1n) is 3.89. The van der Waals surface area contributed by atoms with Crippen molar-refractivity contribution in [3.05, 3.63) is 0 Å². The first-order valence-corrected chi connectivity index (χ1v) is 8.52. The minimum absolute atomic E-state index is 0.179. The summed E-state index contributed by atoms with van der Waals surface area (Å²) in [4.78, 5) is 0. The molecule has 0 fully saturated rings. The zero-order chi connectivity index (χ0) is 9.12. The number of terminal acetylenes is 2. The molecule has 0 unspecified atom stereocenters. The molecule has 0 aromatic rings. The Hall–Kier alpha value is -0.337. The summed E-state index contributed by atoms with van der Waals surface area (Å²) in [6.45, 7) is 8.60. The Morgan fingerprint density at radius 3 is 1.55 bits per heavy atom. The fraction of sp³-hybridized carbons (Fsp3) is 0.600. The summed E-state index contributed by atoms with van der Waals surface area (Å²) in [5.74, 6) is 0. The van der Waals surface area contributed by atoms with Crippen molar-refractivity contribution in [1.29, 1.82) is 0 Å². The van der Waals surface area contributed by atoms with Crippen LogP contribution in [0.25, 0.3) is 0 Å². The molecule has 0 aromatic heterocycles. The van der Waals surface area contributed by atoms with Crippen LogP contribution < -0.4 is 0 Å². The SMILES string of the molecule is C#[C][Ge]([C]#C)([CH2]C)[C](C)(C)C. The molecule has 0 aliphatic heterocycles. The predicted octanol–water partition coefficient (Wildman–Crippen LogP) is 2.60. The summed E-state index contributed by atoms with van der Waals surface area (Å²) < 4.78 is 5.99. The summed E-state index contributed by atoms with van der Waals surface area (Å²) in [7, 11) is 0. The molecular formula is C10H16Ge. The van der Waals surface area contributed by atoms with Gasteiger partial charge in [-0.25, -0.2) is 0 Å². The summed E-state index contributed by atoms with van der Waals surface area (Å²) in [5, 5.41) is 1.02. The van der Waals surface area contributed by atoms with Gasteiger partial charge in [-0.3, -0.25) is 0 Å². The second kappa shape index (κ2) is 3.37. The van der Waals surface area contributed by atoms with Gasteiger partial charge in [-0.05, 0) is 0 Å². The van der Waals surface area contributed by atoms with Gasteiger partial charge in [-0.2, -0.15) is 0 Å². The summed E-state index contributed by atoms with van der Waals surface area (Å²) in [5.41, 5.74) is 0. The van der Waals surface area contributed by atoms with E-state index < -0.39 is 13.3 Å². The second-order valence-electron chi connectivity index (χ2n) is 3.80. The molecule has 0 atom stereocenters. The van der Waals surface area contributed by atoms with Crippen LogP contribution in [0.4, 0.5) is 0 Å². The number of hydrogen-bond donors (Lipinski definition) is 0. The fourth-order valence-corrected chi connectivity index (χ4v) is 6.28. The van der Waals surface area contributed by atoms with E-state index in [2.05, 4.69) is 37.2 Å². The van der Waals surface area contributed by atoms with Gasteiger partial charge in [0, 0.05) is 0 Å². The molecule has 1 heteroatoms. The molecule has 0 heterocycles. The molecule has 0 aromatic carbocycles. The van der Waals surface area contributed by atoms with Gasteiger partial charge in [0.2, 0.25) is 0 Å². The number of hydrogen-bond acceptors (Lipinski definition) is 0. The molecule has 0 rings (SSSR count). The van der Waals surface area contributed by atoms with E-state index in [-0.39, 0.29) is 4.25 Å². The maximum atomic E-state index is 5.51. The van der Waals surface area contributed by atoms with Crippen LogP contribution in [-0.4, -0.2) is 13.3 Å². The molecule has 11 heavy (non-hydrogen) atoms. The van der Waals surface area contributed by atoms with Crippen molar-refractivity contribution < 1.29 is 0 Å². The van der Waals surface area contributed by atoms with Crippen LogP contribution in [0.5, 0.6) is 0 Å². The van der Waals surface area contributed by atoms with Gasteiger partial charge >= 0.3 is 72.8 Å². The molecule has 60 valence electrons. The predicted molar refractivity (Wildman–Crippen MR) is 53.6 cm³/mol. The van der Waals surface area contributed by atoms with Crippen molar-refractivity contribution >= 4 is 13.3 Å². The van der Waals surface area contributed by atoms with E-state index >= 15 is 0 Å². The van der Waals surface area contributed by atoms with Crippen LogP contribution in [0.2, 0.25) is 9.50 Å². The normalized spacial score (nSPS) is 11.8. The summed E-state index contributed by atoms with van der Waals surface area (Å²) in [6.07, 6.45) is 11.0. The molecule has 0 N–H and O–H groups in total. The third kappa shape index (κ3) is 1.82. The quantitative estimate of drug-likeness (QED) is 0.459. The van der Waals surface area contributed by atoms with E-state index in [4.69, 9.17) is 12.8 Å². The van der Waals surface area contributed by atoms with Crippen LogP contribution in [0.3, 0.4) is 0 Å². The Morgan fingerprint density at radius 2 is 1.55 bits per heavy atom. The summed E-state index contributed by atoms with van der Waals surface area (Å²) >= 11 is -2.38. The van der Waals surface area contributed by atoms with Crippen molar-refractivity contribution in [3.63, 3.8) is 0 Å². The number of rotatable bonds is 1. The van der Waals surface area contributed by atoms with E-state index in [1.807, 2.05) is 0 Å². The van der Waals surface area contributed by atoms with E-state index in [9.17, 15) is 0 Å². The van der Waals surface area contributed by atoms with Crippen LogP contribution in [0, 0.1) is 22.4 Å². The molecule has 0 spiro atoms. The van der Waals surface area contributed by atoms with E-state index in [1.165, 1.54) is 0 Å². The molecule has 0 saturated carbocycles. The van der Waals surface area contributed by atoms with Gasteiger partial charge in [0.25, 0.3) is 0 Å². The molecule has 0 aliphatic carbocycles.